The van der Waals surface area contributed by atoms with Crippen LogP contribution in [0.2, 0.25) is 0 Å². The highest BCUT2D eigenvalue weighted by atomic mass is 32.1. The average molecular weight is 422 g/mol. The summed E-state index contributed by atoms with van der Waals surface area (Å²) < 4.78 is 7.20. The van der Waals surface area contributed by atoms with Crippen molar-refractivity contribution in [2.75, 3.05) is 13.7 Å². The zero-order valence-corrected chi connectivity index (χ0v) is 17.6. The van der Waals surface area contributed by atoms with Gasteiger partial charge in [-0.25, -0.2) is 0 Å². The van der Waals surface area contributed by atoms with E-state index in [0.717, 1.165) is 11.3 Å². The highest BCUT2D eigenvalue weighted by molar-refractivity contribution is 7.71. The number of nitrogens with zero attached hydrogens (tertiary/aromatic N) is 2. The molecular weight excluding hydrogens is 398 g/mol. The number of H-pyrrole nitrogens is 1. The monoisotopic (exact) mass is 421 g/mol. The van der Waals surface area contributed by atoms with Crippen molar-refractivity contribution in [3.63, 3.8) is 0 Å². The Balaban J connectivity index is 1.81. The molecule has 1 heterocycles. The molecule has 154 valence electrons. The number of aromatic nitrogens is 2. The largest absolute Gasteiger partial charge is 0.490 e. The lowest BCUT2D eigenvalue weighted by Crippen LogP contribution is -2.26. The van der Waals surface area contributed by atoms with Gasteiger partial charge in [-0.1, -0.05) is 30.9 Å². The smallest absolute Gasteiger partial charge is 0.262 e. The number of nitrogens with one attached hydrogen (secondary N) is 1. The van der Waals surface area contributed by atoms with Crippen molar-refractivity contribution in [1.29, 1.82) is 0 Å². The molecule has 0 saturated heterocycles. The molecule has 0 aliphatic carbocycles. The molecule has 0 unspecified atom stereocenters. The zero-order chi connectivity index (χ0) is 21.7. The van der Waals surface area contributed by atoms with Gasteiger partial charge >= 0.3 is 0 Å². The predicted molar refractivity (Wildman–Crippen MR) is 122 cm³/mol. The number of aromatic amines is 1. The number of hydrogen-bond donors (Lipinski definition) is 1. The molecule has 1 N–H and O–H groups in total. The highest BCUT2D eigenvalue weighted by Crippen LogP contribution is 2.16. The van der Waals surface area contributed by atoms with Crippen molar-refractivity contribution in [3.05, 3.63) is 94.0 Å². The minimum absolute atomic E-state index is 0.154. The van der Waals surface area contributed by atoms with Gasteiger partial charge in [0.05, 0.1) is 10.9 Å². The first-order valence-electron chi connectivity index (χ1n) is 9.40. The lowest BCUT2D eigenvalue weighted by atomic mass is 10.1. The van der Waals surface area contributed by atoms with Crippen LogP contribution in [0.5, 0.6) is 5.75 Å². The van der Waals surface area contributed by atoms with Crippen LogP contribution < -0.4 is 10.3 Å². The Bertz CT molecular complexity index is 1210. The molecular formula is C23H23N3O3S. The molecule has 0 bridgehead atoms. The molecule has 3 rings (SSSR count). The van der Waals surface area contributed by atoms with E-state index in [0.29, 0.717) is 40.9 Å². The quantitative estimate of drug-likeness (QED) is 0.440. The van der Waals surface area contributed by atoms with E-state index in [4.69, 9.17) is 17.0 Å². The third kappa shape index (κ3) is 4.58. The topological polar surface area (TPSA) is 67.3 Å². The van der Waals surface area contributed by atoms with Gasteiger partial charge in [-0.15, -0.1) is 6.58 Å². The summed E-state index contributed by atoms with van der Waals surface area (Å²) in [6, 6.07) is 12.5. The minimum Gasteiger partial charge on any atom is -0.490 e. The molecule has 2 aromatic carbocycles. The van der Waals surface area contributed by atoms with E-state index in [2.05, 4.69) is 18.1 Å². The van der Waals surface area contributed by atoms with Gasteiger partial charge in [0.25, 0.3) is 11.5 Å². The molecule has 0 saturated carbocycles. The van der Waals surface area contributed by atoms with Crippen LogP contribution in [0.1, 0.15) is 15.9 Å². The number of ether oxygens (including phenoxy) is 1. The summed E-state index contributed by atoms with van der Waals surface area (Å²) in [5.41, 5.74) is 1.78. The minimum atomic E-state index is -0.209. The van der Waals surface area contributed by atoms with Crippen LogP contribution in [0.4, 0.5) is 0 Å². The first-order valence-corrected chi connectivity index (χ1v) is 9.81. The number of carbonyl (C=O) groups is 1. The fourth-order valence-electron chi connectivity index (χ4n) is 3.09. The summed E-state index contributed by atoms with van der Waals surface area (Å²) in [6.07, 6.45) is 3.30. The van der Waals surface area contributed by atoms with Crippen molar-refractivity contribution in [2.24, 2.45) is 0 Å². The Morgan fingerprint density at radius 3 is 2.60 bits per heavy atom. The van der Waals surface area contributed by atoms with Gasteiger partial charge in [-0.05, 0) is 48.1 Å². The van der Waals surface area contributed by atoms with Crippen LogP contribution in [0, 0.1) is 4.77 Å². The van der Waals surface area contributed by atoms with Gasteiger partial charge in [0.15, 0.2) is 4.77 Å². The van der Waals surface area contributed by atoms with Gasteiger partial charge in [-0.2, -0.15) is 0 Å². The molecule has 7 heteroatoms. The summed E-state index contributed by atoms with van der Waals surface area (Å²) in [6.45, 7) is 8.48. The Kier molecular flexibility index (Phi) is 6.64. The van der Waals surface area contributed by atoms with Crippen LogP contribution in [0.25, 0.3) is 10.9 Å². The van der Waals surface area contributed by atoms with Gasteiger partial charge in [0.1, 0.15) is 12.4 Å². The van der Waals surface area contributed by atoms with E-state index in [1.807, 2.05) is 24.3 Å². The standard InChI is InChI=1S/C23H23N3O3S/c1-4-12-26-22(28)19-11-8-17(14-20(19)24-23(26)30)21(27)25(3)15-16-6-9-18(10-7-16)29-13-5-2/h4-11,14H,1-2,12-13,15H2,3H3,(H,24,30). The number of fused-ring (bicyclic) bond motifs is 1. The number of carbonyl (C=O) groups excluding carboxylic acids is 1. The van der Waals surface area contributed by atoms with Crippen LogP contribution in [-0.2, 0) is 13.1 Å². The summed E-state index contributed by atoms with van der Waals surface area (Å²) >= 11 is 5.27. The maximum absolute atomic E-state index is 12.9. The molecule has 1 amide bonds. The Morgan fingerprint density at radius 1 is 1.20 bits per heavy atom. The SMILES string of the molecule is C=CCOc1ccc(CN(C)C(=O)c2ccc3c(=O)n(CC=C)c(=S)[nH]c3c2)cc1. The second-order valence-electron chi connectivity index (χ2n) is 6.80. The van der Waals surface area contributed by atoms with E-state index in [9.17, 15) is 9.59 Å². The molecule has 6 nitrogen and oxygen atoms in total. The molecule has 30 heavy (non-hydrogen) atoms. The third-order valence-corrected chi connectivity index (χ3v) is 4.92. The summed E-state index contributed by atoms with van der Waals surface area (Å²) in [5.74, 6) is 0.595. The van der Waals surface area contributed by atoms with Crippen LogP contribution in [0.3, 0.4) is 0 Å². The van der Waals surface area contributed by atoms with Crippen LogP contribution >= 0.6 is 12.2 Å². The van der Waals surface area contributed by atoms with Crippen LogP contribution in [-0.4, -0.2) is 34.0 Å². The molecule has 0 fully saturated rings. The summed E-state index contributed by atoms with van der Waals surface area (Å²) in [4.78, 5) is 30.1. The van der Waals surface area contributed by atoms with Gasteiger partial charge in [0.2, 0.25) is 0 Å². The molecule has 0 aliphatic heterocycles. The average Bonchev–Trinajstić information content (AvgIpc) is 2.75. The number of hydrogen-bond acceptors (Lipinski definition) is 4. The fourth-order valence-corrected chi connectivity index (χ4v) is 3.36. The van der Waals surface area contributed by atoms with E-state index < -0.39 is 0 Å². The summed E-state index contributed by atoms with van der Waals surface area (Å²) in [7, 11) is 1.74. The van der Waals surface area contributed by atoms with Crippen molar-refractivity contribution in [2.45, 2.75) is 13.1 Å². The maximum Gasteiger partial charge on any atom is 0.262 e. The van der Waals surface area contributed by atoms with E-state index in [-0.39, 0.29) is 11.5 Å². The normalized spacial score (nSPS) is 10.6. The van der Waals surface area contributed by atoms with Gasteiger partial charge in [-0.3, -0.25) is 14.2 Å². The third-order valence-electron chi connectivity index (χ3n) is 4.60. The van der Waals surface area contributed by atoms with E-state index in [1.165, 1.54) is 4.57 Å². The number of rotatable bonds is 8. The number of allylic oxidation sites excluding steroid dienone is 1. The van der Waals surface area contributed by atoms with Crippen molar-refractivity contribution >= 4 is 29.0 Å². The van der Waals surface area contributed by atoms with Crippen LogP contribution in [0.15, 0.2) is 72.6 Å². The fraction of sp³-hybridized carbons (Fsp3) is 0.174. The Labute approximate surface area is 179 Å². The molecule has 3 aromatic rings. The van der Waals surface area contributed by atoms with Gasteiger partial charge < -0.3 is 14.6 Å². The Morgan fingerprint density at radius 2 is 1.93 bits per heavy atom. The van der Waals surface area contributed by atoms with E-state index >= 15 is 0 Å². The van der Waals surface area contributed by atoms with E-state index in [1.54, 1.807) is 42.3 Å². The second kappa shape index (κ2) is 9.37. The highest BCUT2D eigenvalue weighted by Gasteiger charge is 2.14. The lowest BCUT2D eigenvalue weighted by molar-refractivity contribution is 0.0785. The molecule has 0 atom stereocenters. The van der Waals surface area contributed by atoms with Crippen molar-refractivity contribution in [3.8, 4) is 5.75 Å². The number of benzene rings is 2. The number of amides is 1. The van der Waals surface area contributed by atoms with Crippen molar-refractivity contribution in [1.82, 2.24) is 14.5 Å². The van der Waals surface area contributed by atoms with Gasteiger partial charge in [0, 0.05) is 25.7 Å². The first-order chi connectivity index (χ1) is 14.4. The van der Waals surface area contributed by atoms with Crippen molar-refractivity contribution < 1.29 is 9.53 Å². The molecule has 0 aliphatic rings. The maximum atomic E-state index is 12.9. The second-order valence-corrected chi connectivity index (χ2v) is 7.19. The predicted octanol–water partition coefficient (Wildman–Crippen LogP) is 4.08. The molecule has 1 aromatic heterocycles. The lowest BCUT2D eigenvalue weighted by Gasteiger charge is -2.18. The molecule has 0 spiro atoms. The molecule has 0 radical (unpaired) electrons. The summed E-state index contributed by atoms with van der Waals surface area (Å²) in [5, 5.41) is 0.472. The first kappa shape index (κ1) is 21.3. The zero-order valence-electron chi connectivity index (χ0n) is 16.8. The Hall–Kier alpha value is -3.45.